The average molecular weight is 515 g/mol. The molecule has 1 fully saturated rings. The van der Waals surface area contributed by atoms with Crippen molar-refractivity contribution in [1.29, 1.82) is 5.41 Å². The van der Waals surface area contributed by atoms with E-state index in [1.807, 2.05) is 0 Å². The van der Waals surface area contributed by atoms with E-state index < -0.39 is 39.9 Å². The number of aliphatic hydroxyl groups excluding tert-OH is 1. The normalized spacial score (nSPS) is 18.2. The van der Waals surface area contributed by atoms with Gasteiger partial charge in [-0.1, -0.05) is 18.6 Å². The first kappa shape index (κ1) is 26.5. The van der Waals surface area contributed by atoms with Crippen LogP contribution in [-0.2, 0) is 21.2 Å². The van der Waals surface area contributed by atoms with Crippen LogP contribution in [-0.4, -0.2) is 44.1 Å². The van der Waals surface area contributed by atoms with Gasteiger partial charge in [-0.25, -0.2) is 8.42 Å². The number of alkyl halides is 3. The second-order valence-electron chi connectivity index (χ2n) is 8.02. The molecule has 3 rings (SSSR count). The van der Waals surface area contributed by atoms with Gasteiger partial charge in [0, 0.05) is 18.4 Å². The first-order valence-corrected chi connectivity index (χ1v) is 12.3. The number of halogens is 3. The van der Waals surface area contributed by atoms with Crippen molar-refractivity contribution in [2.75, 3.05) is 11.3 Å². The van der Waals surface area contributed by atoms with Crippen molar-refractivity contribution in [2.45, 2.75) is 50.0 Å². The van der Waals surface area contributed by atoms with Crippen LogP contribution in [0.2, 0.25) is 0 Å². The van der Waals surface area contributed by atoms with Gasteiger partial charge in [-0.3, -0.25) is 9.52 Å². The van der Waals surface area contributed by atoms with Crippen LogP contribution in [0.4, 0.5) is 18.9 Å². The molecule has 35 heavy (non-hydrogen) atoms. The Morgan fingerprint density at radius 1 is 1.20 bits per heavy atom. The second-order valence-corrected chi connectivity index (χ2v) is 9.67. The number of ether oxygens (including phenoxy) is 2. The molecule has 8 nitrogen and oxygen atoms in total. The molecular formula is C23H25F3N2O6S. The molecule has 0 heterocycles. The Morgan fingerprint density at radius 2 is 1.94 bits per heavy atom. The molecule has 2 aromatic carbocycles. The summed E-state index contributed by atoms with van der Waals surface area (Å²) in [5, 5.41) is 18.1. The van der Waals surface area contributed by atoms with E-state index in [0.29, 0.717) is 24.8 Å². The van der Waals surface area contributed by atoms with Gasteiger partial charge in [0.05, 0.1) is 24.1 Å². The molecule has 0 saturated heterocycles. The van der Waals surface area contributed by atoms with Gasteiger partial charge in [-0.05, 0) is 49.6 Å². The van der Waals surface area contributed by atoms with Gasteiger partial charge in [0.15, 0.2) is 5.78 Å². The molecule has 0 aromatic heterocycles. The van der Waals surface area contributed by atoms with Crippen molar-refractivity contribution in [3.8, 4) is 11.5 Å². The van der Waals surface area contributed by atoms with Crippen LogP contribution in [0.15, 0.2) is 47.4 Å². The van der Waals surface area contributed by atoms with Gasteiger partial charge < -0.3 is 20.0 Å². The van der Waals surface area contributed by atoms with Crippen molar-refractivity contribution < 1.29 is 41.0 Å². The topological polar surface area (TPSA) is 126 Å². The van der Waals surface area contributed by atoms with E-state index in [0.717, 1.165) is 12.1 Å². The maximum absolute atomic E-state index is 13.0. The molecule has 1 aliphatic carbocycles. The highest BCUT2D eigenvalue weighted by Gasteiger charge is 2.33. The zero-order valence-corrected chi connectivity index (χ0v) is 19.6. The lowest BCUT2D eigenvalue weighted by Crippen LogP contribution is -2.30. The summed E-state index contributed by atoms with van der Waals surface area (Å²) < 4.78 is 74.8. The minimum absolute atomic E-state index is 0.0404. The largest absolute Gasteiger partial charge is 0.573 e. The summed E-state index contributed by atoms with van der Waals surface area (Å²) in [6.45, 7) is 1.76. The van der Waals surface area contributed by atoms with Gasteiger partial charge in [-0.2, -0.15) is 0 Å². The van der Waals surface area contributed by atoms with Crippen molar-refractivity contribution in [2.24, 2.45) is 5.92 Å². The van der Waals surface area contributed by atoms with Gasteiger partial charge in [-0.15, -0.1) is 13.2 Å². The van der Waals surface area contributed by atoms with Crippen LogP contribution in [0, 0.1) is 11.3 Å². The van der Waals surface area contributed by atoms with Crippen molar-refractivity contribution >= 4 is 27.2 Å². The van der Waals surface area contributed by atoms with E-state index in [4.69, 9.17) is 10.1 Å². The zero-order valence-electron chi connectivity index (χ0n) is 18.8. The Bertz CT molecular complexity index is 1200. The minimum atomic E-state index is -4.93. The lowest BCUT2D eigenvalue weighted by Gasteiger charge is -2.16. The Balaban J connectivity index is 1.80. The average Bonchev–Trinajstić information content (AvgIpc) is 3.18. The van der Waals surface area contributed by atoms with Crippen LogP contribution < -0.4 is 14.2 Å². The fourth-order valence-corrected chi connectivity index (χ4v) is 5.06. The van der Waals surface area contributed by atoms with Gasteiger partial charge in [0.1, 0.15) is 16.4 Å². The number of sulfonamides is 1. The predicted octanol–water partition coefficient (Wildman–Crippen LogP) is 4.08. The van der Waals surface area contributed by atoms with Gasteiger partial charge in [0.2, 0.25) is 0 Å². The highest BCUT2D eigenvalue weighted by atomic mass is 32.2. The molecule has 2 atom stereocenters. The van der Waals surface area contributed by atoms with Gasteiger partial charge >= 0.3 is 6.36 Å². The minimum Gasteiger partial charge on any atom is -0.492 e. The fourth-order valence-electron chi connectivity index (χ4n) is 3.88. The zero-order chi connectivity index (χ0) is 25.8. The van der Waals surface area contributed by atoms with E-state index in [9.17, 15) is 31.5 Å². The summed E-state index contributed by atoms with van der Waals surface area (Å²) in [5.41, 5.74) is 0.105. The molecule has 0 radical (unpaired) electrons. The quantitative estimate of drug-likeness (QED) is 0.411. The number of carbonyl (C=O) groups excluding carboxylic acids is 1. The van der Waals surface area contributed by atoms with Crippen LogP contribution in [0.25, 0.3) is 0 Å². The number of hydrogen-bond donors (Lipinski definition) is 3. The second kappa shape index (κ2) is 10.6. The Kier molecular flexibility index (Phi) is 8.06. The maximum Gasteiger partial charge on any atom is 0.573 e. The number of benzene rings is 2. The third-order valence-electron chi connectivity index (χ3n) is 5.41. The SMILES string of the molecule is CCOc1cc(CC(=N)C(=O)C2CCC[C@@H]2O)ccc1S(=O)(=O)Nc1cccc(OC(F)(F)F)c1. The number of Topliss-reactive ketones (excluding diaryl/α,β-unsaturated/α-hetero) is 1. The molecule has 0 bridgehead atoms. The van der Waals surface area contributed by atoms with Crippen molar-refractivity contribution in [3.63, 3.8) is 0 Å². The number of ketones is 1. The first-order valence-electron chi connectivity index (χ1n) is 10.8. The summed E-state index contributed by atoms with van der Waals surface area (Å²) in [6, 6.07) is 8.45. The number of anilines is 1. The third kappa shape index (κ3) is 6.95. The molecule has 12 heteroatoms. The maximum atomic E-state index is 13.0. The van der Waals surface area contributed by atoms with E-state index in [2.05, 4.69) is 9.46 Å². The lowest BCUT2D eigenvalue weighted by atomic mass is 9.93. The molecule has 0 aliphatic heterocycles. The number of nitrogens with one attached hydrogen (secondary N) is 2. The third-order valence-corrected chi connectivity index (χ3v) is 6.83. The Hall–Kier alpha value is -3.12. The number of rotatable bonds is 10. The highest BCUT2D eigenvalue weighted by molar-refractivity contribution is 7.92. The molecule has 1 aliphatic rings. The summed E-state index contributed by atoms with van der Waals surface area (Å²) in [6.07, 6.45) is -4.02. The van der Waals surface area contributed by atoms with E-state index in [-0.39, 0.29) is 35.1 Å². The lowest BCUT2D eigenvalue weighted by molar-refractivity contribution is -0.274. The summed E-state index contributed by atoms with van der Waals surface area (Å²) in [4.78, 5) is 12.2. The van der Waals surface area contributed by atoms with Crippen LogP contribution in [0.5, 0.6) is 11.5 Å². The van der Waals surface area contributed by atoms with Crippen molar-refractivity contribution in [3.05, 3.63) is 48.0 Å². The Morgan fingerprint density at radius 3 is 2.57 bits per heavy atom. The van der Waals surface area contributed by atoms with E-state index >= 15 is 0 Å². The Labute approximate surface area is 200 Å². The van der Waals surface area contributed by atoms with Crippen LogP contribution in [0.3, 0.4) is 0 Å². The number of carbonyl (C=O) groups is 1. The molecule has 0 spiro atoms. The number of aliphatic hydroxyl groups is 1. The summed E-state index contributed by atoms with van der Waals surface area (Å²) >= 11 is 0. The molecule has 190 valence electrons. The standard InChI is InChI=1S/C23H25F3N2O6S/c1-2-33-20-12-14(11-18(27)22(30)17-7-4-8-19(17)29)9-10-21(20)35(31,32)28-15-5-3-6-16(13-15)34-23(24,25)26/h3,5-6,9-10,12-13,17,19,27-29H,2,4,7-8,11H2,1H3/t17?,19-/m0/s1. The highest BCUT2D eigenvalue weighted by Crippen LogP contribution is 2.31. The van der Waals surface area contributed by atoms with E-state index in [1.165, 1.54) is 30.3 Å². The smallest absolute Gasteiger partial charge is 0.492 e. The van der Waals surface area contributed by atoms with Gasteiger partial charge in [0.25, 0.3) is 10.0 Å². The molecular weight excluding hydrogens is 489 g/mol. The molecule has 1 unspecified atom stereocenters. The van der Waals surface area contributed by atoms with Crippen molar-refractivity contribution in [1.82, 2.24) is 0 Å². The monoisotopic (exact) mass is 514 g/mol. The summed E-state index contributed by atoms with van der Waals surface area (Å²) in [5.74, 6) is -1.67. The number of hydrogen-bond acceptors (Lipinski definition) is 7. The molecule has 3 N–H and O–H groups in total. The predicted molar refractivity (Wildman–Crippen MR) is 121 cm³/mol. The summed E-state index contributed by atoms with van der Waals surface area (Å²) in [7, 11) is -4.27. The first-order chi connectivity index (χ1) is 16.4. The van der Waals surface area contributed by atoms with Crippen LogP contribution in [0.1, 0.15) is 31.7 Å². The van der Waals surface area contributed by atoms with Crippen LogP contribution >= 0.6 is 0 Å². The molecule has 2 aromatic rings. The van der Waals surface area contributed by atoms with E-state index in [1.54, 1.807) is 6.92 Å². The molecule has 0 amide bonds. The fraction of sp³-hybridized carbons (Fsp3) is 0.391. The molecule has 1 saturated carbocycles.